The van der Waals surface area contributed by atoms with E-state index in [4.69, 9.17) is 31.5 Å². The van der Waals surface area contributed by atoms with Gasteiger partial charge in [0, 0.05) is 36.3 Å². The monoisotopic (exact) mass is 605 g/mol. The Morgan fingerprint density at radius 2 is 1.86 bits per heavy atom. The average molecular weight is 606 g/mol. The Morgan fingerprint density at radius 3 is 2.43 bits per heavy atom. The van der Waals surface area contributed by atoms with Crippen LogP contribution in [0.1, 0.15) is 60.8 Å². The summed E-state index contributed by atoms with van der Waals surface area (Å²) in [5.41, 5.74) is 5.48. The molecule has 0 saturated heterocycles. The van der Waals surface area contributed by atoms with Crippen LogP contribution in [0.5, 0.6) is 0 Å². The number of carbonyl (C=O) groups excluding carboxylic acids is 4. The van der Waals surface area contributed by atoms with E-state index in [9.17, 15) is 19.2 Å². The predicted molar refractivity (Wildman–Crippen MR) is 163 cm³/mol. The molecule has 0 aliphatic carbocycles. The maximum Gasteiger partial charge on any atom is 0.404 e. The van der Waals surface area contributed by atoms with Crippen molar-refractivity contribution < 1.29 is 33.4 Å². The van der Waals surface area contributed by atoms with Gasteiger partial charge >= 0.3 is 12.1 Å². The second kappa shape index (κ2) is 17.9. The molecule has 4 unspecified atom stereocenters. The third kappa shape index (κ3) is 14.2. The predicted octanol–water partition coefficient (Wildman–Crippen LogP) is 5.07. The van der Waals surface area contributed by atoms with Crippen molar-refractivity contribution in [2.75, 3.05) is 7.11 Å². The number of amides is 3. The van der Waals surface area contributed by atoms with Crippen LogP contribution in [0.3, 0.4) is 0 Å². The summed E-state index contributed by atoms with van der Waals surface area (Å²) < 4.78 is 15.5. The van der Waals surface area contributed by atoms with E-state index in [1.165, 1.54) is 19.4 Å². The maximum atomic E-state index is 12.9. The van der Waals surface area contributed by atoms with Crippen molar-refractivity contribution in [2.45, 2.75) is 79.1 Å². The lowest BCUT2D eigenvalue weighted by Gasteiger charge is -2.29. The molecule has 0 aromatic carbocycles. The van der Waals surface area contributed by atoms with Gasteiger partial charge in [0.05, 0.1) is 7.11 Å². The standard InChI is InChI=1S/C31H44ClN3O7/c1-20(19-21(2)24-16-17-25(40-7)29(38)42-24)11-8-9-13-26(36)35-27(31(4,5)6)28(37)34-18-10-12-23(41-30(33)39)15-14-22(3)32/h8-11,13-14,17-19,21,23-24,27H,12,15-16H2,1-7H3,(H2,33,39)(H,34,37)(H,35,36)/b11-8+,13-9-,18-10-,20-19+,22-14+. The molecule has 0 radical (unpaired) electrons. The second-order valence-electron chi connectivity index (χ2n) is 11.0. The van der Waals surface area contributed by atoms with E-state index in [-0.39, 0.29) is 17.8 Å². The molecule has 4 atom stereocenters. The van der Waals surface area contributed by atoms with Gasteiger partial charge in [-0.15, -0.1) is 0 Å². The summed E-state index contributed by atoms with van der Waals surface area (Å²) in [6.07, 6.45) is 14.5. The molecule has 1 heterocycles. The highest BCUT2D eigenvalue weighted by molar-refractivity contribution is 6.29. The number of primary amides is 1. The van der Waals surface area contributed by atoms with Crippen LogP contribution >= 0.6 is 11.6 Å². The van der Waals surface area contributed by atoms with Crippen molar-refractivity contribution in [3.05, 3.63) is 71.2 Å². The molecule has 1 aliphatic heterocycles. The van der Waals surface area contributed by atoms with Gasteiger partial charge in [-0.2, -0.15) is 0 Å². The zero-order chi connectivity index (χ0) is 31.9. The van der Waals surface area contributed by atoms with E-state index in [1.54, 1.807) is 37.3 Å². The van der Waals surface area contributed by atoms with Crippen LogP contribution < -0.4 is 16.4 Å². The minimum Gasteiger partial charge on any atom is -0.490 e. The lowest BCUT2D eigenvalue weighted by atomic mass is 9.86. The molecule has 0 spiro atoms. The van der Waals surface area contributed by atoms with Crippen LogP contribution in [0.15, 0.2) is 71.2 Å². The quantitative estimate of drug-likeness (QED) is 0.142. The van der Waals surface area contributed by atoms with Crippen molar-refractivity contribution >= 4 is 35.5 Å². The van der Waals surface area contributed by atoms with Crippen molar-refractivity contribution in [3.8, 4) is 0 Å². The summed E-state index contributed by atoms with van der Waals surface area (Å²) in [4.78, 5) is 48.5. The molecule has 1 rings (SSSR count). The molecular formula is C31H44ClN3O7. The number of hydrogen-bond donors (Lipinski definition) is 3. The fourth-order valence-corrected chi connectivity index (χ4v) is 4.02. The number of esters is 1. The molecule has 0 bridgehead atoms. The van der Waals surface area contributed by atoms with E-state index in [1.807, 2.05) is 46.8 Å². The Hall–Kier alpha value is -3.79. The average Bonchev–Trinajstić information content (AvgIpc) is 2.89. The van der Waals surface area contributed by atoms with Crippen LogP contribution in [-0.4, -0.2) is 49.2 Å². The molecular weight excluding hydrogens is 562 g/mol. The van der Waals surface area contributed by atoms with Crippen LogP contribution in [-0.2, 0) is 28.6 Å². The fraction of sp³-hybridized carbons (Fsp3) is 0.484. The zero-order valence-corrected chi connectivity index (χ0v) is 26.2. The first-order chi connectivity index (χ1) is 19.6. The number of methoxy groups -OCH3 is 1. The van der Waals surface area contributed by atoms with Gasteiger partial charge in [0.25, 0.3) is 0 Å². The van der Waals surface area contributed by atoms with Gasteiger partial charge in [0.15, 0.2) is 5.76 Å². The number of nitrogens with one attached hydrogen (secondary N) is 2. The third-order valence-electron chi connectivity index (χ3n) is 6.15. The molecule has 1 aliphatic rings. The molecule has 232 valence electrons. The fourth-order valence-electron chi connectivity index (χ4n) is 3.93. The highest BCUT2D eigenvalue weighted by Gasteiger charge is 2.32. The number of hydrogen-bond acceptors (Lipinski definition) is 7. The molecule has 11 heteroatoms. The number of rotatable bonds is 14. The van der Waals surface area contributed by atoms with Crippen LogP contribution in [0.4, 0.5) is 4.79 Å². The highest BCUT2D eigenvalue weighted by Crippen LogP contribution is 2.23. The normalized spacial score (nSPS) is 18.8. The Balaban J connectivity index is 2.70. The SMILES string of the molecule is COC1=CCC(C(C)/C=C(C)/C=C/C=C\C(=O)NC(C(=O)N/C=C\CC(C/C=C(\C)Cl)OC(N)=O)C(C)(C)C)OC1=O. The highest BCUT2D eigenvalue weighted by atomic mass is 35.5. The Morgan fingerprint density at radius 1 is 1.19 bits per heavy atom. The molecule has 4 N–H and O–H groups in total. The van der Waals surface area contributed by atoms with Crippen LogP contribution in [0.2, 0.25) is 0 Å². The summed E-state index contributed by atoms with van der Waals surface area (Å²) in [6.45, 7) is 11.1. The zero-order valence-electron chi connectivity index (χ0n) is 25.4. The lowest BCUT2D eigenvalue weighted by Crippen LogP contribution is -2.52. The third-order valence-corrected chi connectivity index (χ3v) is 6.30. The minimum absolute atomic E-state index is 0.0196. The number of halogens is 1. The largest absolute Gasteiger partial charge is 0.490 e. The Labute approximate surface area is 253 Å². The summed E-state index contributed by atoms with van der Waals surface area (Å²) in [5, 5.41) is 5.98. The van der Waals surface area contributed by atoms with Gasteiger partial charge in [0.2, 0.25) is 11.8 Å². The van der Waals surface area contributed by atoms with E-state index in [0.29, 0.717) is 24.3 Å². The van der Waals surface area contributed by atoms with E-state index in [2.05, 4.69) is 10.6 Å². The van der Waals surface area contributed by atoms with Crippen molar-refractivity contribution in [1.29, 1.82) is 0 Å². The second-order valence-corrected chi connectivity index (χ2v) is 11.6. The summed E-state index contributed by atoms with van der Waals surface area (Å²) in [7, 11) is 1.43. The van der Waals surface area contributed by atoms with Gasteiger partial charge in [-0.1, -0.05) is 81.3 Å². The number of cyclic esters (lactones) is 1. The number of carbonyl (C=O) groups is 4. The van der Waals surface area contributed by atoms with E-state index in [0.717, 1.165) is 5.57 Å². The molecule has 0 fully saturated rings. The van der Waals surface area contributed by atoms with Crippen molar-refractivity contribution in [1.82, 2.24) is 10.6 Å². The maximum absolute atomic E-state index is 12.9. The molecule has 10 nitrogen and oxygen atoms in total. The summed E-state index contributed by atoms with van der Waals surface area (Å²) >= 11 is 5.84. The number of allylic oxidation sites excluding steroid dienone is 5. The molecule has 42 heavy (non-hydrogen) atoms. The van der Waals surface area contributed by atoms with Crippen LogP contribution in [0.25, 0.3) is 0 Å². The van der Waals surface area contributed by atoms with E-state index < -0.39 is 41.4 Å². The minimum atomic E-state index is -0.900. The Bertz CT molecular complexity index is 1140. The van der Waals surface area contributed by atoms with Gasteiger partial charge in [-0.3, -0.25) is 9.59 Å². The van der Waals surface area contributed by atoms with Crippen molar-refractivity contribution in [2.24, 2.45) is 17.1 Å². The van der Waals surface area contributed by atoms with Crippen molar-refractivity contribution in [3.63, 3.8) is 0 Å². The Kier molecular flexibility index (Phi) is 15.4. The lowest BCUT2D eigenvalue weighted by molar-refractivity contribution is -0.151. The molecule has 0 saturated carbocycles. The van der Waals surface area contributed by atoms with E-state index >= 15 is 0 Å². The smallest absolute Gasteiger partial charge is 0.404 e. The molecule has 0 aromatic rings. The van der Waals surface area contributed by atoms with Crippen LogP contribution in [0, 0.1) is 11.3 Å². The molecule has 3 amide bonds. The van der Waals surface area contributed by atoms with Gasteiger partial charge in [-0.05, 0) is 31.5 Å². The first-order valence-electron chi connectivity index (χ1n) is 13.7. The van der Waals surface area contributed by atoms with Gasteiger partial charge in [0.1, 0.15) is 18.2 Å². The first-order valence-corrected chi connectivity index (χ1v) is 14.0. The topological polar surface area (TPSA) is 146 Å². The summed E-state index contributed by atoms with van der Waals surface area (Å²) in [5.74, 6) is -1.10. The first kappa shape index (κ1) is 36.2. The number of ether oxygens (including phenoxy) is 3. The molecule has 0 aromatic heterocycles. The van der Waals surface area contributed by atoms with Gasteiger partial charge in [-0.25, -0.2) is 9.59 Å². The number of nitrogens with two attached hydrogens (primary N) is 1. The van der Waals surface area contributed by atoms with Gasteiger partial charge < -0.3 is 30.6 Å². The summed E-state index contributed by atoms with van der Waals surface area (Å²) in [6, 6.07) is -0.823.